The van der Waals surface area contributed by atoms with Crippen molar-refractivity contribution in [1.82, 2.24) is 9.88 Å². The Bertz CT molecular complexity index is 781. The van der Waals surface area contributed by atoms with Crippen molar-refractivity contribution >= 4 is 11.6 Å². The normalized spacial score (nSPS) is 17.2. The number of aromatic nitrogens is 1. The number of hydrogen-bond donors (Lipinski definition) is 1. The van der Waals surface area contributed by atoms with Crippen LogP contribution in [-0.2, 0) is 16.0 Å². The van der Waals surface area contributed by atoms with Crippen LogP contribution in [0.1, 0.15) is 29.5 Å². The molecular weight excluding hydrogens is 333 g/mol. The summed E-state index contributed by atoms with van der Waals surface area (Å²) in [5.41, 5.74) is 3.55. The summed E-state index contributed by atoms with van der Waals surface area (Å²) in [4.78, 5) is 18.9. The van der Waals surface area contributed by atoms with E-state index in [2.05, 4.69) is 10.3 Å². The molecule has 0 radical (unpaired) electrons. The molecule has 6 heteroatoms. The summed E-state index contributed by atoms with van der Waals surface area (Å²) in [5.74, 6) is -0.212. The Morgan fingerprint density at radius 2 is 2.23 bits per heavy atom. The zero-order valence-corrected chi connectivity index (χ0v) is 15.2. The van der Waals surface area contributed by atoms with Gasteiger partial charge in [-0.05, 0) is 43.2 Å². The van der Waals surface area contributed by atoms with E-state index in [-0.39, 0.29) is 17.8 Å². The van der Waals surface area contributed by atoms with Crippen LogP contribution in [0.2, 0.25) is 0 Å². The predicted octanol–water partition coefficient (Wildman–Crippen LogP) is 3.10. The number of hydrogen-bond acceptors (Lipinski definition) is 4. The number of ether oxygens (including phenoxy) is 1. The zero-order chi connectivity index (χ0) is 18.5. The Labute approximate surface area is 153 Å². The van der Waals surface area contributed by atoms with E-state index in [1.54, 1.807) is 6.07 Å². The van der Waals surface area contributed by atoms with Gasteiger partial charge in [0.2, 0.25) is 5.91 Å². The molecule has 1 atom stereocenters. The highest BCUT2D eigenvalue weighted by Crippen LogP contribution is 2.24. The minimum atomic E-state index is -0.271. The van der Waals surface area contributed by atoms with Crippen LogP contribution in [0.15, 0.2) is 36.4 Å². The highest BCUT2D eigenvalue weighted by molar-refractivity contribution is 5.76. The number of anilines is 1. The number of amides is 1. The Hall–Kier alpha value is -2.47. The van der Waals surface area contributed by atoms with Crippen LogP contribution >= 0.6 is 0 Å². The minimum Gasteiger partial charge on any atom is -0.388 e. The monoisotopic (exact) mass is 357 g/mol. The topological polar surface area (TPSA) is 54.5 Å². The molecule has 3 rings (SSSR count). The Morgan fingerprint density at radius 3 is 3.00 bits per heavy atom. The lowest BCUT2D eigenvalue weighted by Crippen LogP contribution is -2.42. The van der Waals surface area contributed by atoms with Crippen LogP contribution in [0.5, 0.6) is 0 Å². The average molecular weight is 357 g/mol. The van der Waals surface area contributed by atoms with Crippen molar-refractivity contribution in [1.29, 1.82) is 0 Å². The predicted molar refractivity (Wildman–Crippen MR) is 98.5 cm³/mol. The van der Waals surface area contributed by atoms with Crippen molar-refractivity contribution in [3.05, 3.63) is 59.2 Å². The van der Waals surface area contributed by atoms with E-state index in [0.717, 1.165) is 22.6 Å². The van der Waals surface area contributed by atoms with Gasteiger partial charge in [0.1, 0.15) is 11.9 Å². The van der Waals surface area contributed by atoms with E-state index in [0.29, 0.717) is 32.5 Å². The maximum absolute atomic E-state index is 13.3. The molecule has 0 saturated carbocycles. The molecule has 0 spiro atoms. The van der Waals surface area contributed by atoms with Gasteiger partial charge in [-0.25, -0.2) is 4.39 Å². The molecule has 1 aliphatic heterocycles. The summed E-state index contributed by atoms with van der Waals surface area (Å²) in [6, 6.07) is 10.3. The smallest absolute Gasteiger partial charge is 0.223 e. The summed E-state index contributed by atoms with van der Waals surface area (Å²) in [7, 11) is 1.86. The molecule has 0 bridgehead atoms. The summed E-state index contributed by atoms with van der Waals surface area (Å²) in [6.45, 7) is 3.49. The Balaban J connectivity index is 1.62. The molecule has 1 N–H and O–H groups in total. The summed E-state index contributed by atoms with van der Waals surface area (Å²) in [6.07, 6.45) is 0.665. The number of aryl methyl sites for hydroxylation is 2. The number of benzene rings is 1. The first kappa shape index (κ1) is 18.3. The van der Waals surface area contributed by atoms with Crippen molar-refractivity contribution in [3.8, 4) is 0 Å². The van der Waals surface area contributed by atoms with E-state index in [9.17, 15) is 9.18 Å². The van der Waals surface area contributed by atoms with E-state index in [1.165, 1.54) is 12.1 Å². The molecule has 26 heavy (non-hydrogen) atoms. The van der Waals surface area contributed by atoms with Gasteiger partial charge in [0.25, 0.3) is 0 Å². The summed E-state index contributed by atoms with van der Waals surface area (Å²) >= 11 is 0. The molecule has 2 heterocycles. The number of nitrogens with one attached hydrogen (secondary N) is 1. The van der Waals surface area contributed by atoms with Gasteiger partial charge in [0.05, 0.1) is 18.8 Å². The second kappa shape index (κ2) is 8.27. The van der Waals surface area contributed by atoms with E-state index < -0.39 is 0 Å². The average Bonchev–Trinajstić information content (AvgIpc) is 2.65. The largest absolute Gasteiger partial charge is 0.388 e. The molecule has 0 aliphatic carbocycles. The van der Waals surface area contributed by atoms with Gasteiger partial charge in [0, 0.05) is 31.4 Å². The minimum absolute atomic E-state index is 0.0593. The molecule has 1 aromatic carbocycles. The molecule has 1 aromatic heterocycles. The van der Waals surface area contributed by atoms with Gasteiger partial charge >= 0.3 is 0 Å². The van der Waals surface area contributed by atoms with Gasteiger partial charge in [-0.2, -0.15) is 0 Å². The lowest BCUT2D eigenvalue weighted by Gasteiger charge is -2.33. The molecule has 138 valence electrons. The molecule has 1 aliphatic rings. The lowest BCUT2D eigenvalue weighted by molar-refractivity contribution is -0.139. The van der Waals surface area contributed by atoms with Crippen molar-refractivity contribution in [2.24, 2.45) is 0 Å². The van der Waals surface area contributed by atoms with Crippen LogP contribution in [-0.4, -0.2) is 42.5 Å². The van der Waals surface area contributed by atoms with Gasteiger partial charge in [0.15, 0.2) is 0 Å². The fourth-order valence-electron chi connectivity index (χ4n) is 3.16. The quantitative estimate of drug-likeness (QED) is 0.893. The number of halogens is 1. The van der Waals surface area contributed by atoms with Crippen LogP contribution in [0.3, 0.4) is 0 Å². The Kier molecular flexibility index (Phi) is 5.83. The van der Waals surface area contributed by atoms with E-state index in [1.807, 2.05) is 37.1 Å². The maximum Gasteiger partial charge on any atom is 0.223 e. The molecular formula is C20H24FN3O2. The highest BCUT2D eigenvalue weighted by atomic mass is 19.1. The second-order valence-electron chi connectivity index (χ2n) is 6.50. The SMILES string of the molecule is CNc1cc(C)nc([C@H]2CN(C(=O)CCc3cccc(F)c3)CCO2)c1. The van der Waals surface area contributed by atoms with Crippen molar-refractivity contribution in [3.63, 3.8) is 0 Å². The number of carbonyl (C=O) groups excluding carboxylic acids is 1. The van der Waals surface area contributed by atoms with Crippen molar-refractivity contribution < 1.29 is 13.9 Å². The molecule has 0 unspecified atom stereocenters. The summed E-state index contributed by atoms with van der Waals surface area (Å²) < 4.78 is 19.1. The summed E-state index contributed by atoms with van der Waals surface area (Å²) in [5, 5.41) is 3.12. The fraction of sp³-hybridized carbons (Fsp3) is 0.400. The number of morpholine rings is 1. The third kappa shape index (κ3) is 4.58. The van der Waals surface area contributed by atoms with E-state index >= 15 is 0 Å². The number of rotatable bonds is 5. The highest BCUT2D eigenvalue weighted by Gasteiger charge is 2.26. The van der Waals surface area contributed by atoms with Gasteiger partial charge in [-0.15, -0.1) is 0 Å². The van der Waals surface area contributed by atoms with Crippen LogP contribution < -0.4 is 5.32 Å². The first-order valence-corrected chi connectivity index (χ1v) is 8.85. The second-order valence-corrected chi connectivity index (χ2v) is 6.50. The number of nitrogens with zero attached hydrogens (tertiary/aromatic N) is 2. The van der Waals surface area contributed by atoms with Crippen molar-refractivity contribution in [2.75, 3.05) is 32.1 Å². The van der Waals surface area contributed by atoms with Crippen LogP contribution in [0, 0.1) is 12.7 Å². The van der Waals surface area contributed by atoms with Gasteiger partial charge < -0.3 is 15.0 Å². The molecule has 5 nitrogen and oxygen atoms in total. The van der Waals surface area contributed by atoms with Gasteiger partial charge in [-0.3, -0.25) is 9.78 Å². The van der Waals surface area contributed by atoms with Crippen molar-refractivity contribution in [2.45, 2.75) is 25.9 Å². The molecule has 1 amide bonds. The first-order valence-electron chi connectivity index (χ1n) is 8.85. The van der Waals surface area contributed by atoms with Crippen LogP contribution in [0.4, 0.5) is 10.1 Å². The molecule has 1 fully saturated rings. The van der Waals surface area contributed by atoms with Gasteiger partial charge in [-0.1, -0.05) is 12.1 Å². The number of pyridine rings is 1. The third-order valence-corrected chi connectivity index (χ3v) is 4.53. The standard InChI is InChI=1S/C20H24FN3O2/c1-14-10-17(22-2)12-18(23-14)19-13-24(8-9-26-19)20(25)7-6-15-4-3-5-16(21)11-15/h3-5,10-12,19H,6-9,13H2,1-2H3,(H,22,23)/t19-/m1/s1. The molecule has 1 saturated heterocycles. The maximum atomic E-state index is 13.3. The fourth-order valence-corrected chi connectivity index (χ4v) is 3.16. The zero-order valence-electron chi connectivity index (χ0n) is 15.2. The lowest BCUT2D eigenvalue weighted by atomic mass is 10.1. The Morgan fingerprint density at radius 1 is 1.38 bits per heavy atom. The van der Waals surface area contributed by atoms with E-state index in [4.69, 9.17) is 4.74 Å². The third-order valence-electron chi connectivity index (χ3n) is 4.53. The van der Waals surface area contributed by atoms with Crippen LogP contribution in [0.25, 0.3) is 0 Å². The molecule has 2 aromatic rings. The first-order chi connectivity index (χ1) is 12.5. The number of carbonyl (C=O) groups is 1.